The first-order valence-corrected chi connectivity index (χ1v) is 5.64. The van der Waals surface area contributed by atoms with Crippen LogP contribution in [0.3, 0.4) is 0 Å². The van der Waals surface area contributed by atoms with Gasteiger partial charge in [0.1, 0.15) is 0 Å². The van der Waals surface area contributed by atoms with Crippen LogP contribution in [0.5, 0.6) is 0 Å². The van der Waals surface area contributed by atoms with Gasteiger partial charge in [-0.1, -0.05) is 34.6 Å². The average molecular weight is 200 g/mol. The molecule has 0 aromatic heterocycles. The monoisotopic (exact) mass is 200 g/mol. The van der Waals surface area contributed by atoms with Gasteiger partial charge in [0.25, 0.3) is 0 Å². The van der Waals surface area contributed by atoms with Crippen molar-refractivity contribution in [3.05, 3.63) is 0 Å². The molecule has 1 aliphatic heterocycles. The number of hydrogen-bond acceptors (Lipinski definition) is 2. The molecule has 0 saturated carbocycles. The van der Waals surface area contributed by atoms with Gasteiger partial charge < -0.3 is 9.47 Å². The third-order valence-electron chi connectivity index (χ3n) is 3.02. The summed E-state index contributed by atoms with van der Waals surface area (Å²) in [5, 5.41) is 0. The van der Waals surface area contributed by atoms with Crippen LogP contribution >= 0.6 is 0 Å². The Balaban J connectivity index is 2.29. The molecule has 1 atom stereocenters. The Hall–Kier alpha value is -0.0800. The highest BCUT2D eigenvalue weighted by molar-refractivity contribution is 4.72. The summed E-state index contributed by atoms with van der Waals surface area (Å²) in [6.45, 7) is 12.8. The van der Waals surface area contributed by atoms with Gasteiger partial charge in [0, 0.05) is 11.8 Å². The Morgan fingerprint density at radius 2 is 1.64 bits per heavy atom. The molecule has 0 aliphatic carbocycles. The standard InChI is InChI=1S/C12H24O2/c1-9(2)10(3)6-11-13-7-12(4,5)8-14-11/h9-11H,6-8H2,1-5H3. The highest BCUT2D eigenvalue weighted by atomic mass is 16.7. The minimum absolute atomic E-state index is 0.0282. The maximum atomic E-state index is 5.69. The summed E-state index contributed by atoms with van der Waals surface area (Å²) in [6, 6.07) is 0. The predicted octanol–water partition coefficient (Wildman–Crippen LogP) is 3.07. The molecule has 0 spiro atoms. The third-order valence-corrected chi connectivity index (χ3v) is 3.02. The Kier molecular flexibility index (Phi) is 3.96. The van der Waals surface area contributed by atoms with Crippen molar-refractivity contribution in [3.63, 3.8) is 0 Å². The van der Waals surface area contributed by atoms with E-state index in [0.717, 1.165) is 19.6 Å². The second-order valence-electron chi connectivity index (χ2n) is 5.67. The highest BCUT2D eigenvalue weighted by Crippen LogP contribution is 2.27. The molecule has 0 amide bonds. The summed E-state index contributed by atoms with van der Waals surface area (Å²) in [4.78, 5) is 0. The lowest BCUT2D eigenvalue weighted by atomic mass is 9.92. The van der Waals surface area contributed by atoms with E-state index in [-0.39, 0.29) is 11.7 Å². The zero-order valence-electron chi connectivity index (χ0n) is 10.2. The molecule has 1 saturated heterocycles. The zero-order valence-corrected chi connectivity index (χ0v) is 10.2. The first kappa shape index (κ1) is 12.0. The smallest absolute Gasteiger partial charge is 0.157 e. The van der Waals surface area contributed by atoms with Crippen LogP contribution in [0.25, 0.3) is 0 Å². The molecule has 0 radical (unpaired) electrons. The predicted molar refractivity (Wildman–Crippen MR) is 58.1 cm³/mol. The summed E-state index contributed by atoms with van der Waals surface area (Å²) in [5.41, 5.74) is 0.192. The van der Waals surface area contributed by atoms with Crippen LogP contribution in [-0.2, 0) is 9.47 Å². The molecule has 0 aromatic rings. The van der Waals surface area contributed by atoms with Crippen LogP contribution in [0.1, 0.15) is 41.0 Å². The Morgan fingerprint density at radius 1 is 1.14 bits per heavy atom. The second kappa shape index (κ2) is 4.63. The first-order valence-electron chi connectivity index (χ1n) is 5.64. The van der Waals surface area contributed by atoms with E-state index >= 15 is 0 Å². The van der Waals surface area contributed by atoms with Gasteiger partial charge in [-0.25, -0.2) is 0 Å². The molecule has 1 aliphatic rings. The van der Waals surface area contributed by atoms with E-state index in [4.69, 9.17) is 9.47 Å². The molecule has 14 heavy (non-hydrogen) atoms. The fourth-order valence-electron chi connectivity index (χ4n) is 1.44. The molecule has 1 fully saturated rings. The molecule has 0 N–H and O–H groups in total. The van der Waals surface area contributed by atoms with E-state index in [1.807, 2.05) is 0 Å². The van der Waals surface area contributed by atoms with E-state index < -0.39 is 0 Å². The molecule has 0 aromatic carbocycles. The van der Waals surface area contributed by atoms with Crippen molar-refractivity contribution in [2.75, 3.05) is 13.2 Å². The number of hydrogen-bond donors (Lipinski definition) is 0. The normalized spacial score (nSPS) is 25.3. The van der Waals surface area contributed by atoms with Crippen LogP contribution < -0.4 is 0 Å². The lowest BCUT2D eigenvalue weighted by Gasteiger charge is -2.36. The third kappa shape index (κ3) is 3.58. The second-order valence-corrected chi connectivity index (χ2v) is 5.67. The van der Waals surface area contributed by atoms with Gasteiger partial charge >= 0.3 is 0 Å². The van der Waals surface area contributed by atoms with E-state index in [9.17, 15) is 0 Å². The summed E-state index contributed by atoms with van der Waals surface area (Å²) in [6.07, 6.45) is 1.05. The van der Waals surface area contributed by atoms with Crippen molar-refractivity contribution >= 4 is 0 Å². The summed E-state index contributed by atoms with van der Waals surface area (Å²) >= 11 is 0. The van der Waals surface area contributed by atoms with Crippen molar-refractivity contribution in [3.8, 4) is 0 Å². The maximum absolute atomic E-state index is 5.69. The van der Waals surface area contributed by atoms with Gasteiger partial charge in [-0.2, -0.15) is 0 Å². The summed E-state index contributed by atoms with van der Waals surface area (Å²) in [5.74, 6) is 1.37. The molecule has 2 nitrogen and oxygen atoms in total. The van der Waals surface area contributed by atoms with Crippen LogP contribution in [-0.4, -0.2) is 19.5 Å². The first-order chi connectivity index (χ1) is 6.41. The number of rotatable bonds is 3. The van der Waals surface area contributed by atoms with Crippen molar-refractivity contribution in [1.29, 1.82) is 0 Å². The summed E-state index contributed by atoms with van der Waals surface area (Å²) < 4.78 is 11.4. The van der Waals surface area contributed by atoms with Crippen LogP contribution in [0.2, 0.25) is 0 Å². The van der Waals surface area contributed by atoms with Crippen LogP contribution in [0.15, 0.2) is 0 Å². The van der Waals surface area contributed by atoms with Gasteiger partial charge in [-0.15, -0.1) is 0 Å². The molecule has 1 unspecified atom stereocenters. The largest absolute Gasteiger partial charge is 0.352 e. The van der Waals surface area contributed by atoms with E-state index in [1.54, 1.807) is 0 Å². The molecular weight excluding hydrogens is 176 g/mol. The van der Waals surface area contributed by atoms with E-state index in [0.29, 0.717) is 11.8 Å². The fraction of sp³-hybridized carbons (Fsp3) is 1.00. The van der Waals surface area contributed by atoms with Crippen molar-refractivity contribution < 1.29 is 9.47 Å². The lowest BCUT2D eigenvalue weighted by molar-refractivity contribution is -0.228. The molecular formula is C12H24O2. The molecule has 0 bridgehead atoms. The van der Waals surface area contributed by atoms with Gasteiger partial charge in [-0.3, -0.25) is 0 Å². The van der Waals surface area contributed by atoms with Crippen LogP contribution in [0.4, 0.5) is 0 Å². The van der Waals surface area contributed by atoms with E-state index in [2.05, 4.69) is 34.6 Å². The number of ether oxygens (including phenoxy) is 2. The van der Waals surface area contributed by atoms with Gasteiger partial charge in [0.05, 0.1) is 13.2 Å². The topological polar surface area (TPSA) is 18.5 Å². The lowest BCUT2D eigenvalue weighted by Crippen LogP contribution is -2.38. The van der Waals surface area contributed by atoms with Crippen molar-refractivity contribution in [2.24, 2.45) is 17.3 Å². The quantitative estimate of drug-likeness (QED) is 0.697. The minimum atomic E-state index is 0.0282. The maximum Gasteiger partial charge on any atom is 0.157 e. The zero-order chi connectivity index (χ0) is 10.8. The average Bonchev–Trinajstić information content (AvgIpc) is 2.08. The van der Waals surface area contributed by atoms with Crippen molar-refractivity contribution in [1.82, 2.24) is 0 Å². The SMILES string of the molecule is CC(C)C(C)CC1OCC(C)(C)CO1. The molecule has 2 heteroatoms. The highest BCUT2D eigenvalue weighted by Gasteiger charge is 2.29. The van der Waals surface area contributed by atoms with E-state index in [1.165, 1.54) is 0 Å². The summed E-state index contributed by atoms with van der Waals surface area (Å²) in [7, 11) is 0. The van der Waals surface area contributed by atoms with Gasteiger partial charge in [-0.05, 0) is 11.8 Å². The van der Waals surface area contributed by atoms with Crippen LogP contribution in [0, 0.1) is 17.3 Å². The van der Waals surface area contributed by atoms with Gasteiger partial charge in [0.15, 0.2) is 6.29 Å². The fourth-order valence-corrected chi connectivity index (χ4v) is 1.44. The van der Waals surface area contributed by atoms with Crippen molar-refractivity contribution in [2.45, 2.75) is 47.3 Å². The minimum Gasteiger partial charge on any atom is -0.352 e. The Labute approximate surface area is 88.0 Å². The molecule has 84 valence electrons. The van der Waals surface area contributed by atoms with Gasteiger partial charge in [0.2, 0.25) is 0 Å². The molecule has 1 rings (SSSR count). The Morgan fingerprint density at radius 3 is 2.07 bits per heavy atom. The Bertz CT molecular complexity index is 165. The molecule has 1 heterocycles.